The van der Waals surface area contributed by atoms with Gasteiger partial charge < -0.3 is 15.0 Å². The van der Waals surface area contributed by atoms with E-state index in [1.54, 1.807) is 28.6 Å². The van der Waals surface area contributed by atoms with Gasteiger partial charge >= 0.3 is 12.3 Å². The molecule has 0 aliphatic carbocycles. The van der Waals surface area contributed by atoms with Crippen molar-refractivity contribution in [2.24, 2.45) is 5.92 Å². The molecule has 1 N–H and O–H groups in total. The molecule has 3 aromatic rings. The van der Waals surface area contributed by atoms with Crippen LogP contribution in [0.25, 0.3) is 10.9 Å². The van der Waals surface area contributed by atoms with Gasteiger partial charge in [0, 0.05) is 29.5 Å². The molecule has 2 amide bonds. The largest absolute Gasteiger partial charge is 0.453 e. The third kappa shape index (κ3) is 5.32. The lowest BCUT2D eigenvalue weighted by atomic mass is 9.97. The number of fused-ring (bicyclic) bond motifs is 1. The molecule has 1 aliphatic rings. The summed E-state index contributed by atoms with van der Waals surface area (Å²) in [5.41, 5.74) is 0.525. The van der Waals surface area contributed by atoms with Crippen LogP contribution in [0.15, 0.2) is 28.7 Å². The summed E-state index contributed by atoms with van der Waals surface area (Å²) in [6, 6.07) is 5.35. The van der Waals surface area contributed by atoms with Crippen molar-refractivity contribution in [2.45, 2.75) is 39.4 Å². The molecular weight excluding hydrogens is 543 g/mol. The van der Waals surface area contributed by atoms with Crippen molar-refractivity contribution in [3.8, 4) is 0 Å². The number of pyridine rings is 1. The van der Waals surface area contributed by atoms with Crippen LogP contribution < -0.4 is 5.32 Å². The number of piperidine rings is 1. The predicted molar refractivity (Wildman–Crippen MR) is 131 cm³/mol. The molecule has 0 radical (unpaired) electrons. The van der Waals surface area contributed by atoms with Crippen molar-refractivity contribution in [2.75, 3.05) is 25.5 Å². The van der Waals surface area contributed by atoms with E-state index < -0.39 is 17.8 Å². The Morgan fingerprint density at radius 3 is 2.53 bits per heavy atom. The second kappa shape index (κ2) is 10.1. The van der Waals surface area contributed by atoms with Crippen LogP contribution in [-0.2, 0) is 17.5 Å². The van der Waals surface area contributed by atoms with E-state index in [0.717, 1.165) is 18.9 Å². The maximum absolute atomic E-state index is 13.5. The SMILES string of the molecule is COC(=O)N1CCC(Cn2nc(C)c(NC(=O)c3cc(C(F)(F)F)nc4ccc(Br)cc34)c2C)CC1. The molecule has 36 heavy (non-hydrogen) atoms. The summed E-state index contributed by atoms with van der Waals surface area (Å²) >= 11 is 3.31. The Bertz CT molecular complexity index is 1320. The van der Waals surface area contributed by atoms with Gasteiger partial charge in [0.1, 0.15) is 5.69 Å². The number of alkyl halides is 3. The highest BCUT2D eigenvalue weighted by Gasteiger charge is 2.34. The molecule has 192 valence electrons. The number of amides is 2. The number of aromatic nitrogens is 3. The molecule has 12 heteroatoms. The van der Waals surface area contributed by atoms with E-state index in [1.807, 2.05) is 6.92 Å². The zero-order valence-corrected chi connectivity index (χ0v) is 21.5. The molecule has 1 aromatic carbocycles. The lowest BCUT2D eigenvalue weighted by Crippen LogP contribution is -2.39. The Morgan fingerprint density at radius 1 is 1.19 bits per heavy atom. The lowest BCUT2D eigenvalue weighted by molar-refractivity contribution is -0.140. The van der Waals surface area contributed by atoms with E-state index in [9.17, 15) is 22.8 Å². The Balaban J connectivity index is 1.57. The fourth-order valence-electron chi connectivity index (χ4n) is 4.44. The number of anilines is 1. The first-order chi connectivity index (χ1) is 17.0. The highest BCUT2D eigenvalue weighted by atomic mass is 79.9. The summed E-state index contributed by atoms with van der Waals surface area (Å²) in [4.78, 5) is 30.3. The number of carbonyl (C=O) groups excluding carboxylic acids is 2. The normalized spacial score (nSPS) is 14.8. The minimum atomic E-state index is -4.70. The van der Waals surface area contributed by atoms with Gasteiger partial charge in [0.15, 0.2) is 0 Å². The molecule has 1 saturated heterocycles. The molecule has 0 bridgehead atoms. The van der Waals surface area contributed by atoms with E-state index in [4.69, 9.17) is 4.74 Å². The Kier molecular flexibility index (Phi) is 7.26. The van der Waals surface area contributed by atoms with Gasteiger partial charge in [-0.1, -0.05) is 15.9 Å². The van der Waals surface area contributed by atoms with Crippen molar-refractivity contribution in [1.29, 1.82) is 0 Å². The van der Waals surface area contributed by atoms with Gasteiger partial charge in [-0.25, -0.2) is 9.78 Å². The lowest BCUT2D eigenvalue weighted by Gasteiger charge is -2.31. The standard InChI is InChI=1S/C24H25BrF3N5O3/c1-13-21(14(2)33(31-13)12-15-6-8-32(9-7-15)23(35)36-3)30-22(34)18-11-20(24(26,27)28)29-19-5-4-16(25)10-17(18)19/h4-5,10-11,15H,6-9,12H2,1-3H3,(H,30,34). The van der Waals surface area contributed by atoms with Crippen LogP contribution in [0.1, 0.15) is 40.3 Å². The monoisotopic (exact) mass is 567 g/mol. The highest BCUT2D eigenvalue weighted by Crippen LogP contribution is 2.33. The number of nitrogens with zero attached hydrogens (tertiary/aromatic N) is 4. The van der Waals surface area contributed by atoms with E-state index >= 15 is 0 Å². The van der Waals surface area contributed by atoms with Gasteiger partial charge in [-0.05, 0) is 56.9 Å². The third-order valence-electron chi connectivity index (χ3n) is 6.40. The second-order valence-electron chi connectivity index (χ2n) is 8.80. The van der Waals surface area contributed by atoms with Crippen molar-refractivity contribution in [3.05, 3.63) is 51.4 Å². The first-order valence-electron chi connectivity index (χ1n) is 11.3. The van der Waals surface area contributed by atoms with Crippen LogP contribution in [0.4, 0.5) is 23.7 Å². The number of methoxy groups -OCH3 is 1. The average molecular weight is 568 g/mol. The number of hydrogen-bond acceptors (Lipinski definition) is 5. The minimum absolute atomic E-state index is 0.0700. The Morgan fingerprint density at radius 2 is 1.89 bits per heavy atom. The van der Waals surface area contributed by atoms with Crippen LogP contribution in [-0.4, -0.2) is 51.9 Å². The van der Waals surface area contributed by atoms with Crippen LogP contribution in [0.2, 0.25) is 0 Å². The predicted octanol–water partition coefficient (Wildman–Crippen LogP) is 5.56. The van der Waals surface area contributed by atoms with Gasteiger partial charge in [-0.15, -0.1) is 0 Å². The number of rotatable bonds is 4. The van der Waals surface area contributed by atoms with E-state index in [-0.39, 0.29) is 23.1 Å². The molecule has 8 nitrogen and oxygen atoms in total. The molecule has 2 aromatic heterocycles. The molecule has 0 saturated carbocycles. The first kappa shape index (κ1) is 25.9. The van der Waals surface area contributed by atoms with Crippen LogP contribution >= 0.6 is 15.9 Å². The quantitative estimate of drug-likeness (QED) is 0.445. The highest BCUT2D eigenvalue weighted by molar-refractivity contribution is 9.10. The fraction of sp³-hybridized carbons (Fsp3) is 0.417. The third-order valence-corrected chi connectivity index (χ3v) is 6.90. The number of carbonyl (C=O) groups is 2. The van der Waals surface area contributed by atoms with Crippen molar-refractivity contribution in [3.63, 3.8) is 0 Å². The maximum Gasteiger partial charge on any atom is 0.433 e. The number of hydrogen-bond donors (Lipinski definition) is 1. The van der Waals surface area contributed by atoms with Gasteiger partial charge in [-0.2, -0.15) is 18.3 Å². The number of likely N-dealkylation sites (tertiary alicyclic amines) is 1. The molecule has 1 aliphatic heterocycles. The number of nitrogens with one attached hydrogen (secondary N) is 1. The molecule has 0 unspecified atom stereocenters. The average Bonchev–Trinajstić information content (AvgIpc) is 3.09. The topological polar surface area (TPSA) is 89.4 Å². The first-order valence-corrected chi connectivity index (χ1v) is 12.1. The summed E-state index contributed by atoms with van der Waals surface area (Å²) in [7, 11) is 1.36. The smallest absolute Gasteiger partial charge is 0.433 e. The molecule has 4 rings (SSSR count). The number of aryl methyl sites for hydroxylation is 1. The van der Waals surface area contributed by atoms with Crippen molar-refractivity contribution >= 4 is 44.5 Å². The summed E-state index contributed by atoms with van der Waals surface area (Å²) in [6.07, 6.45) is -3.47. The number of benzene rings is 1. The Labute approximate surface area is 213 Å². The van der Waals surface area contributed by atoms with Crippen LogP contribution in [0.3, 0.4) is 0 Å². The van der Waals surface area contributed by atoms with Gasteiger partial charge in [0.2, 0.25) is 0 Å². The molecular formula is C24H25BrF3N5O3. The second-order valence-corrected chi connectivity index (χ2v) is 9.71. The van der Waals surface area contributed by atoms with Gasteiger partial charge in [-0.3, -0.25) is 9.48 Å². The van der Waals surface area contributed by atoms with E-state index in [1.165, 1.54) is 13.2 Å². The number of halogens is 4. The summed E-state index contributed by atoms with van der Waals surface area (Å²) in [5, 5.41) is 7.62. The van der Waals surface area contributed by atoms with E-state index in [2.05, 4.69) is 31.3 Å². The summed E-state index contributed by atoms with van der Waals surface area (Å²) in [5.74, 6) is -0.397. The van der Waals surface area contributed by atoms with Crippen molar-refractivity contribution < 1.29 is 27.5 Å². The minimum Gasteiger partial charge on any atom is -0.453 e. The summed E-state index contributed by atoms with van der Waals surface area (Å²) < 4.78 is 47.6. The van der Waals surface area contributed by atoms with Crippen molar-refractivity contribution in [1.82, 2.24) is 19.7 Å². The van der Waals surface area contributed by atoms with E-state index in [0.29, 0.717) is 46.6 Å². The zero-order valence-electron chi connectivity index (χ0n) is 19.9. The van der Waals surface area contributed by atoms with Gasteiger partial charge in [0.25, 0.3) is 5.91 Å². The van der Waals surface area contributed by atoms with Crippen LogP contribution in [0.5, 0.6) is 0 Å². The van der Waals surface area contributed by atoms with Crippen LogP contribution in [0, 0.1) is 19.8 Å². The Hall–Kier alpha value is -3.15. The molecule has 1 fully saturated rings. The molecule has 3 heterocycles. The molecule has 0 spiro atoms. The summed E-state index contributed by atoms with van der Waals surface area (Å²) in [6.45, 7) is 5.32. The maximum atomic E-state index is 13.5. The fourth-order valence-corrected chi connectivity index (χ4v) is 4.80. The molecule has 0 atom stereocenters. The zero-order chi connectivity index (χ0) is 26.2. The van der Waals surface area contributed by atoms with Gasteiger partial charge in [0.05, 0.1) is 35.3 Å². The number of ether oxygens (including phenoxy) is 1.